The fraction of sp³-hybridized carbons (Fsp3) is 0.500. The van der Waals surface area contributed by atoms with E-state index in [0.717, 1.165) is 0 Å². The molecule has 0 spiro atoms. The Hall–Kier alpha value is -2.08. The fourth-order valence-corrected chi connectivity index (χ4v) is 2.77. The van der Waals surface area contributed by atoms with Gasteiger partial charge in [0.15, 0.2) is 17.3 Å². The van der Waals surface area contributed by atoms with E-state index in [1.165, 1.54) is 7.11 Å². The van der Waals surface area contributed by atoms with Crippen molar-refractivity contribution in [2.75, 3.05) is 33.9 Å². The third-order valence-corrected chi connectivity index (χ3v) is 3.99. The Morgan fingerprint density at radius 3 is 2.36 bits per heavy atom. The van der Waals surface area contributed by atoms with Crippen molar-refractivity contribution in [3.8, 4) is 11.5 Å². The Balaban J connectivity index is 2.02. The van der Waals surface area contributed by atoms with Gasteiger partial charge in [0.05, 0.1) is 20.8 Å². The van der Waals surface area contributed by atoms with Crippen molar-refractivity contribution in [2.45, 2.75) is 12.8 Å². The van der Waals surface area contributed by atoms with Crippen molar-refractivity contribution in [1.82, 2.24) is 4.90 Å². The number of carbonyl (C=O) groups excluding carboxylic acids is 1. The SMILES string of the molecule is COc1ccc(C(=O)C2CCN(CC(=O)O)CC2)cc1OC. The van der Waals surface area contributed by atoms with Crippen LogP contribution in [0, 0.1) is 5.92 Å². The van der Waals surface area contributed by atoms with E-state index in [2.05, 4.69) is 0 Å². The summed E-state index contributed by atoms with van der Waals surface area (Å²) in [6.07, 6.45) is 1.36. The lowest BCUT2D eigenvalue weighted by Crippen LogP contribution is -2.39. The van der Waals surface area contributed by atoms with Crippen LogP contribution in [0.4, 0.5) is 0 Å². The zero-order valence-electron chi connectivity index (χ0n) is 12.9. The van der Waals surface area contributed by atoms with Crippen LogP contribution >= 0.6 is 0 Å². The quantitative estimate of drug-likeness (QED) is 0.806. The number of benzene rings is 1. The van der Waals surface area contributed by atoms with Crippen LogP contribution in [-0.4, -0.2) is 55.6 Å². The number of likely N-dealkylation sites (tertiary alicyclic amines) is 1. The maximum Gasteiger partial charge on any atom is 0.317 e. The average Bonchev–Trinajstić information content (AvgIpc) is 2.53. The predicted octanol–water partition coefficient (Wildman–Crippen LogP) is 1.68. The molecule has 0 atom stereocenters. The monoisotopic (exact) mass is 307 g/mol. The number of carboxylic acids is 1. The van der Waals surface area contributed by atoms with Gasteiger partial charge in [-0.15, -0.1) is 0 Å². The van der Waals surface area contributed by atoms with Crippen molar-refractivity contribution in [1.29, 1.82) is 0 Å². The molecule has 0 unspecified atom stereocenters. The summed E-state index contributed by atoms with van der Waals surface area (Å²) in [5.74, 6) is 0.315. The van der Waals surface area contributed by atoms with Crippen molar-refractivity contribution >= 4 is 11.8 Å². The van der Waals surface area contributed by atoms with E-state index < -0.39 is 5.97 Å². The number of methoxy groups -OCH3 is 2. The molecule has 2 rings (SSSR count). The lowest BCUT2D eigenvalue weighted by atomic mass is 9.89. The van der Waals surface area contributed by atoms with Gasteiger partial charge in [-0.05, 0) is 44.1 Å². The van der Waals surface area contributed by atoms with Crippen LogP contribution in [0.5, 0.6) is 11.5 Å². The molecular formula is C16H21NO5. The number of piperidine rings is 1. The number of hydrogen-bond acceptors (Lipinski definition) is 5. The number of Topliss-reactive ketones (excluding diaryl/α,β-unsaturated/α-hetero) is 1. The van der Waals surface area contributed by atoms with Crippen LogP contribution in [0.2, 0.25) is 0 Å². The van der Waals surface area contributed by atoms with Crippen molar-refractivity contribution < 1.29 is 24.2 Å². The number of rotatable bonds is 6. The highest BCUT2D eigenvalue weighted by Crippen LogP contribution is 2.30. The third-order valence-electron chi connectivity index (χ3n) is 3.99. The minimum absolute atomic E-state index is 0.0390. The molecule has 1 aromatic carbocycles. The molecule has 1 aliphatic heterocycles. The molecule has 1 aliphatic rings. The molecule has 1 heterocycles. The van der Waals surface area contributed by atoms with Crippen LogP contribution < -0.4 is 9.47 Å². The molecule has 0 bridgehead atoms. The van der Waals surface area contributed by atoms with Crippen molar-refractivity contribution in [3.05, 3.63) is 23.8 Å². The fourth-order valence-electron chi connectivity index (χ4n) is 2.77. The number of ketones is 1. The Labute approximate surface area is 129 Å². The highest BCUT2D eigenvalue weighted by molar-refractivity contribution is 5.98. The van der Waals surface area contributed by atoms with Gasteiger partial charge in [-0.1, -0.05) is 0 Å². The number of hydrogen-bond donors (Lipinski definition) is 1. The minimum atomic E-state index is -0.829. The molecule has 0 amide bonds. The molecule has 0 radical (unpaired) electrons. The van der Waals surface area contributed by atoms with E-state index in [4.69, 9.17) is 14.6 Å². The van der Waals surface area contributed by atoms with Gasteiger partial charge in [0, 0.05) is 11.5 Å². The standard InChI is InChI=1S/C16H21NO5/c1-21-13-4-3-12(9-14(13)22-2)16(20)11-5-7-17(8-6-11)10-15(18)19/h3-4,9,11H,5-8,10H2,1-2H3,(H,18,19). The van der Waals surface area contributed by atoms with Gasteiger partial charge in [-0.2, -0.15) is 0 Å². The lowest BCUT2D eigenvalue weighted by molar-refractivity contribution is -0.138. The Morgan fingerprint density at radius 1 is 1.18 bits per heavy atom. The molecule has 1 saturated heterocycles. The molecule has 0 aliphatic carbocycles. The van der Waals surface area contributed by atoms with E-state index in [0.29, 0.717) is 43.0 Å². The first-order valence-corrected chi connectivity index (χ1v) is 7.25. The van der Waals surface area contributed by atoms with E-state index in [1.807, 2.05) is 4.90 Å². The summed E-state index contributed by atoms with van der Waals surface area (Å²) in [6.45, 7) is 1.31. The molecule has 1 fully saturated rings. The summed E-state index contributed by atoms with van der Waals surface area (Å²) in [6, 6.07) is 5.17. The highest BCUT2D eigenvalue weighted by Gasteiger charge is 2.27. The topological polar surface area (TPSA) is 76.1 Å². The predicted molar refractivity (Wildman–Crippen MR) is 80.7 cm³/mol. The largest absolute Gasteiger partial charge is 0.493 e. The van der Waals surface area contributed by atoms with Crippen molar-refractivity contribution in [3.63, 3.8) is 0 Å². The van der Waals surface area contributed by atoms with Crippen LogP contribution in [0.3, 0.4) is 0 Å². The molecule has 1 aromatic rings. The van der Waals surface area contributed by atoms with E-state index >= 15 is 0 Å². The van der Waals surface area contributed by atoms with Gasteiger partial charge in [0.25, 0.3) is 0 Å². The van der Waals surface area contributed by atoms with E-state index in [9.17, 15) is 9.59 Å². The van der Waals surface area contributed by atoms with E-state index in [1.54, 1.807) is 25.3 Å². The maximum atomic E-state index is 12.6. The first kappa shape index (κ1) is 16.3. The Bertz CT molecular complexity index is 549. The van der Waals surface area contributed by atoms with Gasteiger partial charge < -0.3 is 14.6 Å². The van der Waals surface area contributed by atoms with Gasteiger partial charge in [-0.25, -0.2) is 0 Å². The molecule has 0 aromatic heterocycles. The normalized spacial score (nSPS) is 16.3. The number of aliphatic carboxylic acids is 1. The molecule has 0 saturated carbocycles. The number of carboxylic acid groups (broad SMARTS) is 1. The Morgan fingerprint density at radius 2 is 1.82 bits per heavy atom. The van der Waals surface area contributed by atoms with E-state index in [-0.39, 0.29) is 18.2 Å². The molecular weight excluding hydrogens is 286 g/mol. The third kappa shape index (κ3) is 3.76. The zero-order chi connectivity index (χ0) is 16.1. The highest BCUT2D eigenvalue weighted by atomic mass is 16.5. The molecule has 120 valence electrons. The molecule has 22 heavy (non-hydrogen) atoms. The maximum absolute atomic E-state index is 12.6. The average molecular weight is 307 g/mol. The second-order valence-corrected chi connectivity index (χ2v) is 5.38. The summed E-state index contributed by atoms with van der Waals surface area (Å²) in [5.41, 5.74) is 0.606. The van der Waals surface area contributed by atoms with Crippen LogP contribution in [-0.2, 0) is 4.79 Å². The summed E-state index contributed by atoms with van der Waals surface area (Å²) in [4.78, 5) is 25.1. The van der Waals surface area contributed by atoms with Crippen LogP contribution in [0.1, 0.15) is 23.2 Å². The summed E-state index contributed by atoms with van der Waals surface area (Å²) >= 11 is 0. The number of carbonyl (C=O) groups is 2. The molecule has 1 N–H and O–H groups in total. The Kier molecular flexibility index (Phi) is 5.38. The summed E-state index contributed by atoms with van der Waals surface area (Å²) < 4.78 is 10.4. The first-order valence-electron chi connectivity index (χ1n) is 7.25. The molecule has 6 heteroatoms. The second-order valence-electron chi connectivity index (χ2n) is 5.38. The second kappa shape index (κ2) is 7.26. The van der Waals surface area contributed by atoms with Gasteiger partial charge in [-0.3, -0.25) is 14.5 Å². The first-order chi connectivity index (χ1) is 10.5. The minimum Gasteiger partial charge on any atom is -0.493 e. The van der Waals surface area contributed by atoms with Crippen LogP contribution in [0.25, 0.3) is 0 Å². The van der Waals surface area contributed by atoms with Gasteiger partial charge >= 0.3 is 5.97 Å². The summed E-state index contributed by atoms with van der Waals surface area (Å²) in [5, 5.41) is 8.79. The number of ether oxygens (including phenoxy) is 2. The van der Waals surface area contributed by atoms with Gasteiger partial charge in [0.2, 0.25) is 0 Å². The summed E-state index contributed by atoms with van der Waals surface area (Å²) in [7, 11) is 3.09. The van der Waals surface area contributed by atoms with Crippen molar-refractivity contribution in [2.24, 2.45) is 5.92 Å². The lowest BCUT2D eigenvalue weighted by Gasteiger charge is -2.30. The molecule has 6 nitrogen and oxygen atoms in total. The smallest absolute Gasteiger partial charge is 0.317 e. The zero-order valence-corrected chi connectivity index (χ0v) is 12.9. The van der Waals surface area contributed by atoms with Crippen LogP contribution in [0.15, 0.2) is 18.2 Å². The van der Waals surface area contributed by atoms with Gasteiger partial charge in [0.1, 0.15) is 0 Å². The number of nitrogens with zero attached hydrogens (tertiary/aromatic N) is 1.